The number of halogens is 3. The van der Waals surface area contributed by atoms with Crippen LogP contribution in [0.1, 0.15) is 16.8 Å². The van der Waals surface area contributed by atoms with Gasteiger partial charge in [0.05, 0.1) is 0 Å². The van der Waals surface area contributed by atoms with Gasteiger partial charge in [0.15, 0.2) is 0 Å². The smallest absolute Gasteiger partial charge is 0.257 e. The minimum atomic E-state index is -0.914. The summed E-state index contributed by atoms with van der Waals surface area (Å²) in [6.07, 6.45) is 0.253. The number of rotatable bonds is 4. The maximum Gasteiger partial charge on any atom is 0.257 e. The number of carbonyl (C=O) groups excluding carboxylic acids is 2. The van der Waals surface area contributed by atoms with E-state index in [1.165, 1.54) is 6.07 Å². The van der Waals surface area contributed by atoms with Crippen molar-refractivity contribution < 1.29 is 18.4 Å². The minimum absolute atomic E-state index is 0.0707. The first kappa shape index (κ1) is 17.4. The molecule has 1 saturated heterocycles. The number of hydrogen-bond acceptors (Lipinski definition) is 2. The number of nitrogens with one attached hydrogen (secondary N) is 1. The molecule has 3 rings (SSSR count). The van der Waals surface area contributed by atoms with E-state index < -0.39 is 23.1 Å². The van der Waals surface area contributed by atoms with E-state index in [4.69, 9.17) is 11.6 Å². The molecule has 0 aliphatic carbocycles. The van der Waals surface area contributed by atoms with Gasteiger partial charge in [-0.1, -0.05) is 17.7 Å². The zero-order valence-corrected chi connectivity index (χ0v) is 13.9. The molecule has 1 fully saturated rings. The van der Waals surface area contributed by atoms with Crippen LogP contribution < -0.4 is 10.2 Å². The molecule has 1 aliphatic rings. The average molecular weight is 365 g/mol. The van der Waals surface area contributed by atoms with Crippen LogP contribution in [0, 0.1) is 17.6 Å². The Labute approximate surface area is 148 Å². The van der Waals surface area contributed by atoms with Gasteiger partial charge in [-0.25, -0.2) is 8.78 Å². The highest BCUT2D eigenvalue weighted by Gasteiger charge is 2.31. The molecule has 0 bridgehead atoms. The topological polar surface area (TPSA) is 49.4 Å². The number of carbonyl (C=O) groups is 2. The molecule has 0 saturated carbocycles. The lowest BCUT2D eigenvalue weighted by molar-refractivity contribution is -0.117. The van der Waals surface area contributed by atoms with Crippen molar-refractivity contribution in [2.24, 2.45) is 5.92 Å². The van der Waals surface area contributed by atoms with Crippen molar-refractivity contribution >= 4 is 29.1 Å². The van der Waals surface area contributed by atoms with Crippen molar-refractivity contribution in [3.05, 3.63) is 64.7 Å². The lowest BCUT2D eigenvalue weighted by Crippen LogP contribution is -2.32. The molecule has 7 heteroatoms. The van der Waals surface area contributed by atoms with Gasteiger partial charge < -0.3 is 10.2 Å². The van der Waals surface area contributed by atoms with Gasteiger partial charge in [0, 0.05) is 36.1 Å². The van der Waals surface area contributed by atoms with E-state index >= 15 is 0 Å². The standard InChI is InChI=1S/C18H15ClF2N2O2/c19-12-4-6-13(7-5-12)23-10-11(8-16(23)24)9-22-18(25)17-14(20)2-1-3-15(17)21/h1-7,11H,8-10H2,(H,22,25)/t11-/m1/s1. The van der Waals surface area contributed by atoms with E-state index in [0.29, 0.717) is 11.6 Å². The highest BCUT2D eigenvalue weighted by atomic mass is 35.5. The van der Waals surface area contributed by atoms with Crippen LogP contribution in [-0.4, -0.2) is 24.9 Å². The summed E-state index contributed by atoms with van der Waals surface area (Å²) in [5.74, 6) is -2.86. The summed E-state index contributed by atoms with van der Waals surface area (Å²) in [4.78, 5) is 25.8. The molecule has 0 unspecified atom stereocenters. The van der Waals surface area contributed by atoms with Gasteiger partial charge in [-0.3, -0.25) is 9.59 Å². The number of nitrogens with zero attached hydrogens (tertiary/aromatic N) is 1. The quantitative estimate of drug-likeness (QED) is 0.904. The Balaban J connectivity index is 1.62. The molecule has 0 radical (unpaired) electrons. The molecule has 0 spiro atoms. The van der Waals surface area contributed by atoms with E-state index in [1.807, 2.05) is 0 Å². The summed E-state index contributed by atoms with van der Waals surface area (Å²) in [5.41, 5.74) is 0.116. The van der Waals surface area contributed by atoms with Crippen molar-refractivity contribution in [1.29, 1.82) is 0 Å². The van der Waals surface area contributed by atoms with Crippen molar-refractivity contribution in [3.63, 3.8) is 0 Å². The van der Waals surface area contributed by atoms with Gasteiger partial charge in [0.2, 0.25) is 5.91 Å². The Morgan fingerprint density at radius 2 is 1.80 bits per heavy atom. The van der Waals surface area contributed by atoms with Crippen LogP contribution in [0.2, 0.25) is 5.02 Å². The summed E-state index contributed by atoms with van der Waals surface area (Å²) in [5, 5.41) is 3.08. The second-order valence-electron chi connectivity index (χ2n) is 5.86. The summed E-state index contributed by atoms with van der Waals surface area (Å²) in [6, 6.07) is 10.1. The third-order valence-corrected chi connectivity index (χ3v) is 4.34. The second-order valence-corrected chi connectivity index (χ2v) is 6.29. The molecule has 1 N–H and O–H groups in total. The molecular weight excluding hydrogens is 350 g/mol. The zero-order chi connectivity index (χ0) is 18.0. The molecule has 2 aromatic carbocycles. The van der Waals surface area contributed by atoms with Gasteiger partial charge in [-0.15, -0.1) is 0 Å². The fraction of sp³-hybridized carbons (Fsp3) is 0.222. The lowest BCUT2D eigenvalue weighted by Gasteiger charge is -2.17. The van der Waals surface area contributed by atoms with Crippen molar-refractivity contribution in [2.45, 2.75) is 6.42 Å². The van der Waals surface area contributed by atoms with E-state index in [1.54, 1.807) is 29.2 Å². The molecule has 4 nitrogen and oxygen atoms in total. The van der Waals surface area contributed by atoms with Gasteiger partial charge in [0.25, 0.3) is 5.91 Å². The summed E-state index contributed by atoms with van der Waals surface area (Å²) in [7, 11) is 0. The fourth-order valence-electron chi connectivity index (χ4n) is 2.83. The Hall–Kier alpha value is -2.47. The molecule has 25 heavy (non-hydrogen) atoms. The number of hydrogen-bond donors (Lipinski definition) is 1. The minimum Gasteiger partial charge on any atom is -0.351 e. The van der Waals surface area contributed by atoms with Gasteiger partial charge in [-0.2, -0.15) is 0 Å². The highest BCUT2D eigenvalue weighted by Crippen LogP contribution is 2.26. The number of benzene rings is 2. The van der Waals surface area contributed by atoms with Crippen LogP contribution in [0.3, 0.4) is 0 Å². The average Bonchev–Trinajstić information content (AvgIpc) is 2.94. The third kappa shape index (κ3) is 3.79. The van der Waals surface area contributed by atoms with Crippen LogP contribution in [0.4, 0.5) is 14.5 Å². The van der Waals surface area contributed by atoms with Crippen molar-refractivity contribution in [3.8, 4) is 0 Å². The fourth-order valence-corrected chi connectivity index (χ4v) is 2.96. The Morgan fingerprint density at radius 1 is 1.16 bits per heavy atom. The Morgan fingerprint density at radius 3 is 2.44 bits per heavy atom. The summed E-state index contributed by atoms with van der Waals surface area (Å²) >= 11 is 5.84. The first-order chi connectivity index (χ1) is 12.0. The van der Waals surface area contributed by atoms with Crippen molar-refractivity contribution in [1.82, 2.24) is 5.32 Å². The first-order valence-corrected chi connectivity index (χ1v) is 8.11. The number of anilines is 1. The highest BCUT2D eigenvalue weighted by molar-refractivity contribution is 6.30. The largest absolute Gasteiger partial charge is 0.351 e. The number of amides is 2. The van der Waals surface area contributed by atoms with Crippen LogP contribution in [0.5, 0.6) is 0 Å². The molecule has 0 aromatic heterocycles. The molecule has 1 atom stereocenters. The van der Waals surface area contributed by atoms with Crippen LogP contribution in [-0.2, 0) is 4.79 Å². The SMILES string of the molecule is O=C(NC[C@H]1CC(=O)N(c2ccc(Cl)cc2)C1)c1c(F)cccc1F. The maximum atomic E-state index is 13.6. The Bertz CT molecular complexity index is 791. The molecule has 2 amide bonds. The first-order valence-electron chi connectivity index (χ1n) is 7.74. The van der Waals surface area contributed by atoms with Gasteiger partial charge in [0.1, 0.15) is 17.2 Å². The predicted molar refractivity (Wildman–Crippen MR) is 90.6 cm³/mol. The Kier molecular flexibility index (Phi) is 4.99. The predicted octanol–water partition coefficient (Wildman–Crippen LogP) is 3.40. The normalized spacial score (nSPS) is 17.0. The van der Waals surface area contributed by atoms with Crippen LogP contribution >= 0.6 is 11.6 Å². The molecular formula is C18H15ClF2N2O2. The van der Waals surface area contributed by atoms with Crippen LogP contribution in [0.15, 0.2) is 42.5 Å². The van der Waals surface area contributed by atoms with E-state index in [2.05, 4.69) is 5.32 Å². The molecule has 1 aliphatic heterocycles. The molecule has 130 valence electrons. The van der Waals surface area contributed by atoms with E-state index in [0.717, 1.165) is 17.8 Å². The maximum absolute atomic E-state index is 13.6. The molecule has 2 aromatic rings. The zero-order valence-electron chi connectivity index (χ0n) is 13.1. The third-order valence-electron chi connectivity index (χ3n) is 4.08. The second kappa shape index (κ2) is 7.19. The van der Waals surface area contributed by atoms with Crippen LogP contribution in [0.25, 0.3) is 0 Å². The summed E-state index contributed by atoms with van der Waals surface area (Å²) < 4.78 is 27.2. The summed E-state index contributed by atoms with van der Waals surface area (Å²) in [6.45, 7) is 0.572. The lowest BCUT2D eigenvalue weighted by atomic mass is 10.1. The van der Waals surface area contributed by atoms with E-state index in [9.17, 15) is 18.4 Å². The van der Waals surface area contributed by atoms with Gasteiger partial charge >= 0.3 is 0 Å². The monoisotopic (exact) mass is 364 g/mol. The van der Waals surface area contributed by atoms with Gasteiger partial charge in [-0.05, 0) is 36.4 Å². The van der Waals surface area contributed by atoms with Crippen molar-refractivity contribution in [2.75, 3.05) is 18.0 Å². The van der Waals surface area contributed by atoms with E-state index in [-0.39, 0.29) is 24.8 Å². The molecule has 1 heterocycles.